The summed E-state index contributed by atoms with van der Waals surface area (Å²) >= 11 is 7.01. The fourth-order valence-corrected chi connectivity index (χ4v) is 3.98. The van der Waals surface area contributed by atoms with Gasteiger partial charge in [0.2, 0.25) is 0 Å². The molecule has 16 heavy (non-hydrogen) atoms. The van der Waals surface area contributed by atoms with Crippen molar-refractivity contribution in [3.05, 3.63) is 26.5 Å². The molecule has 0 atom stereocenters. The maximum absolute atomic E-state index is 4.63. The Balaban J connectivity index is 2.23. The number of hydrogen-bond donors (Lipinski definition) is 1. The Morgan fingerprint density at radius 1 is 1.50 bits per heavy atom. The summed E-state index contributed by atoms with van der Waals surface area (Å²) in [7, 11) is 1.98. The number of nitrogens with zero attached hydrogens (tertiary/aromatic N) is 1. The van der Waals surface area contributed by atoms with Crippen LogP contribution in [0, 0.1) is 6.92 Å². The van der Waals surface area contributed by atoms with Crippen molar-refractivity contribution in [2.45, 2.75) is 13.3 Å². The third-order valence-electron chi connectivity index (χ3n) is 2.27. The van der Waals surface area contributed by atoms with E-state index >= 15 is 0 Å². The molecule has 0 radical (unpaired) electrons. The van der Waals surface area contributed by atoms with Crippen molar-refractivity contribution < 1.29 is 0 Å². The van der Waals surface area contributed by atoms with Gasteiger partial charge in [0, 0.05) is 14.7 Å². The highest BCUT2D eigenvalue weighted by Crippen LogP contribution is 2.34. The van der Waals surface area contributed by atoms with E-state index in [2.05, 4.69) is 44.6 Å². The number of thiophene rings is 1. The normalized spacial score (nSPS) is 10.9. The molecular weight excluding hydrogens is 304 g/mol. The van der Waals surface area contributed by atoms with Crippen LogP contribution >= 0.6 is 38.6 Å². The second-order valence-corrected chi connectivity index (χ2v) is 6.42. The Hall–Kier alpha value is -0.230. The highest BCUT2D eigenvalue weighted by atomic mass is 79.9. The number of hydrogen-bond acceptors (Lipinski definition) is 4. The quantitative estimate of drug-likeness (QED) is 0.930. The summed E-state index contributed by atoms with van der Waals surface area (Å²) in [6, 6.07) is 2.13. The van der Waals surface area contributed by atoms with Gasteiger partial charge < -0.3 is 5.32 Å². The minimum Gasteiger partial charge on any atom is -0.319 e. The van der Waals surface area contributed by atoms with Crippen LogP contribution < -0.4 is 5.32 Å². The molecule has 0 spiro atoms. The molecule has 0 bridgehead atoms. The fraction of sp³-hybridized carbons (Fsp3) is 0.364. The van der Waals surface area contributed by atoms with E-state index in [4.69, 9.17) is 0 Å². The minimum absolute atomic E-state index is 1.01. The first-order valence-corrected chi connectivity index (χ1v) is 7.55. The van der Waals surface area contributed by atoms with Crippen molar-refractivity contribution in [1.29, 1.82) is 0 Å². The van der Waals surface area contributed by atoms with Crippen LogP contribution in [0.5, 0.6) is 0 Å². The molecular formula is C11H13BrN2S2. The van der Waals surface area contributed by atoms with Gasteiger partial charge in [0.25, 0.3) is 0 Å². The summed E-state index contributed by atoms with van der Waals surface area (Å²) < 4.78 is 1.14. The SMILES string of the molecule is CNCCc1sc(-c2cc(Br)cs2)nc1C. The smallest absolute Gasteiger partial charge is 0.133 e. The van der Waals surface area contributed by atoms with E-state index in [1.165, 1.54) is 15.4 Å². The van der Waals surface area contributed by atoms with Gasteiger partial charge >= 0.3 is 0 Å². The van der Waals surface area contributed by atoms with Crippen LogP contribution in [0.1, 0.15) is 10.6 Å². The van der Waals surface area contributed by atoms with Crippen LogP contribution in [0.25, 0.3) is 9.88 Å². The summed E-state index contributed by atoms with van der Waals surface area (Å²) in [4.78, 5) is 7.26. The lowest BCUT2D eigenvalue weighted by atomic mass is 10.3. The largest absolute Gasteiger partial charge is 0.319 e. The highest BCUT2D eigenvalue weighted by molar-refractivity contribution is 9.10. The number of likely N-dealkylation sites (N-methyl/N-ethyl adjacent to an activating group) is 1. The maximum Gasteiger partial charge on any atom is 0.133 e. The van der Waals surface area contributed by atoms with Crippen LogP contribution in [-0.4, -0.2) is 18.6 Å². The van der Waals surface area contributed by atoms with E-state index in [1.807, 2.05) is 7.05 Å². The Morgan fingerprint density at radius 2 is 2.31 bits per heavy atom. The molecule has 86 valence electrons. The Morgan fingerprint density at radius 3 is 2.94 bits per heavy atom. The first-order chi connectivity index (χ1) is 7.70. The molecule has 0 aliphatic rings. The lowest BCUT2D eigenvalue weighted by molar-refractivity contribution is 0.795. The van der Waals surface area contributed by atoms with Gasteiger partial charge in [-0.25, -0.2) is 4.98 Å². The topological polar surface area (TPSA) is 24.9 Å². The van der Waals surface area contributed by atoms with E-state index in [0.29, 0.717) is 0 Å². The van der Waals surface area contributed by atoms with Crippen molar-refractivity contribution in [2.24, 2.45) is 0 Å². The lowest BCUT2D eigenvalue weighted by Gasteiger charge is -1.95. The van der Waals surface area contributed by atoms with E-state index in [1.54, 1.807) is 22.7 Å². The van der Waals surface area contributed by atoms with Gasteiger partial charge in [-0.05, 0) is 48.9 Å². The van der Waals surface area contributed by atoms with E-state index in [0.717, 1.165) is 22.4 Å². The Kier molecular flexibility index (Phi) is 4.13. The average Bonchev–Trinajstić information content (AvgIpc) is 2.82. The zero-order valence-electron chi connectivity index (χ0n) is 9.21. The second kappa shape index (κ2) is 5.40. The van der Waals surface area contributed by atoms with Crippen molar-refractivity contribution in [2.75, 3.05) is 13.6 Å². The van der Waals surface area contributed by atoms with Crippen LogP contribution in [0.15, 0.2) is 15.9 Å². The molecule has 5 heteroatoms. The molecule has 2 rings (SSSR count). The van der Waals surface area contributed by atoms with E-state index in [-0.39, 0.29) is 0 Å². The maximum atomic E-state index is 4.63. The zero-order valence-corrected chi connectivity index (χ0v) is 12.4. The van der Waals surface area contributed by atoms with Crippen LogP contribution in [0.2, 0.25) is 0 Å². The van der Waals surface area contributed by atoms with Crippen molar-refractivity contribution in [1.82, 2.24) is 10.3 Å². The molecule has 0 aromatic carbocycles. The number of aromatic nitrogens is 1. The molecule has 0 saturated heterocycles. The summed E-state index contributed by atoms with van der Waals surface area (Å²) in [5, 5.41) is 6.41. The number of nitrogens with one attached hydrogen (secondary N) is 1. The van der Waals surface area contributed by atoms with Crippen LogP contribution in [-0.2, 0) is 6.42 Å². The van der Waals surface area contributed by atoms with Crippen LogP contribution in [0.3, 0.4) is 0 Å². The molecule has 0 aliphatic heterocycles. The molecule has 0 aliphatic carbocycles. The minimum atomic E-state index is 1.01. The second-order valence-electron chi connectivity index (χ2n) is 3.51. The summed E-state index contributed by atoms with van der Waals surface area (Å²) in [5.41, 5.74) is 1.17. The number of halogens is 1. The summed E-state index contributed by atoms with van der Waals surface area (Å²) in [6.45, 7) is 3.10. The monoisotopic (exact) mass is 316 g/mol. The Bertz CT molecular complexity index is 476. The van der Waals surface area contributed by atoms with Crippen molar-refractivity contribution in [3.8, 4) is 9.88 Å². The molecule has 0 saturated carbocycles. The summed E-state index contributed by atoms with van der Waals surface area (Å²) in [6.07, 6.45) is 1.06. The first kappa shape index (κ1) is 12.2. The number of aryl methyl sites for hydroxylation is 1. The van der Waals surface area contributed by atoms with Gasteiger partial charge in [0.05, 0.1) is 10.6 Å². The third-order valence-corrected chi connectivity index (χ3v) is 5.35. The van der Waals surface area contributed by atoms with Gasteiger partial charge in [-0.15, -0.1) is 22.7 Å². The van der Waals surface area contributed by atoms with Gasteiger partial charge in [-0.3, -0.25) is 0 Å². The van der Waals surface area contributed by atoms with Gasteiger partial charge in [0.1, 0.15) is 5.01 Å². The van der Waals surface area contributed by atoms with E-state index in [9.17, 15) is 0 Å². The van der Waals surface area contributed by atoms with Gasteiger partial charge in [0.15, 0.2) is 0 Å². The standard InChI is InChI=1S/C11H13BrN2S2/c1-7-9(3-4-13-2)16-11(14-7)10-5-8(12)6-15-10/h5-6,13H,3-4H2,1-2H3. The highest BCUT2D eigenvalue weighted by Gasteiger charge is 2.10. The molecule has 0 amide bonds. The molecule has 1 N–H and O–H groups in total. The lowest BCUT2D eigenvalue weighted by Crippen LogP contribution is -2.09. The predicted octanol–water partition coefficient (Wildman–Crippen LogP) is 3.70. The molecule has 2 aromatic rings. The predicted molar refractivity (Wildman–Crippen MR) is 75.5 cm³/mol. The molecule has 0 unspecified atom stereocenters. The molecule has 2 aromatic heterocycles. The van der Waals surface area contributed by atoms with Crippen molar-refractivity contribution in [3.63, 3.8) is 0 Å². The van der Waals surface area contributed by atoms with Gasteiger partial charge in [-0.2, -0.15) is 0 Å². The van der Waals surface area contributed by atoms with Crippen molar-refractivity contribution >= 4 is 38.6 Å². The van der Waals surface area contributed by atoms with E-state index < -0.39 is 0 Å². The molecule has 2 heterocycles. The number of thiazole rings is 1. The first-order valence-electron chi connectivity index (χ1n) is 5.06. The van der Waals surface area contributed by atoms with Gasteiger partial charge in [-0.1, -0.05) is 0 Å². The molecule has 2 nitrogen and oxygen atoms in total. The number of rotatable bonds is 4. The van der Waals surface area contributed by atoms with Crippen LogP contribution in [0.4, 0.5) is 0 Å². The zero-order chi connectivity index (χ0) is 11.5. The fourth-order valence-electron chi connectivity index (χ4n) is 1.43. The molecule has 0 fully saturated rings. The summed E-state index contributed by atoms with van der Waals surface area (Å²) in [5.74, 6) is 0. The Labute approximate surface area is 112 Å². The third kappa shape index (κ3) is 2.71. The average molecular weight is 317 g/mol.